The Morgan fingerprint density at radius 2 is 1.59 bits per heavy atom. The van der Waals surface area contributed by atoms with Crippen molar-refractivity contribution < 1.29 is 27.5 Å². The highest BCUT2D eigenvalue weighted by Gasteiger charge is 2.52. The minimum absolute atomic E-state index is 0.119. The monoisotopic (exact) mass is 522 g/mol. The normalized spacial score (nSPS) is 14.0. The average molecular weight is 523 g/mol. The smallest absolute Gasteiger partial charge is 0.316 e. The first-order valence-corrected chi connectivity index (χ1v) is 13.6. The maximum atomic E-state index is 12.5. The molecule has 194 valence electrons. The number of anilines is 1. The molecule has 8 nitrogen and oxygen atoms in total. The van der Waals surface area contributed by atoms with Crippen molar-refractivity contribution in [2.45, 2.75) is 36.5 Å². The molecule has 3 aromatic rings. The molecule has 4 rings (SSSR count). The number of nitrogens with one attached hydrogen (secondary N) is 2. The Labute approximate surface area is 217 Å². The molecule has 1 saturated carbocycles. The molecule has 9 heteroatoms. The third kappa shape index (κ3) is 6.75. The summed E-state index contributed by atoms with van der Waals surface area (Å²) in [5, 5.41) is 2.75. The van der Waals surface area contributed by atoms with Crippen LogP contribution in [0.4, 0.5) is 5.69 Å². The van der Waals surface area contributed by atoms with Crippen molar-refractivity contribution in [3.63, 3.8) is 0 Å². The Balaban J connectivity index is 1.24. The molecule has 1 aliphatic rings. The highest BCUT2D eigenvalue weighted by atomic mass is 32.2. The predicted octanol–water partition coefficient (Wildman–Crippen LogP) is 3.82. The Kier molecular flexibility index (Phi) is 8.25. The molecule has 1 amide bonds. The molecule has 0 unspecified atom stereocenters. The molecule has 1 aliphatic carbocycles. The molecule has 0 spiro atoms. The third-order valence-corrected chi connectivity index (χ3v) is 7.67. The van der Waals surface area contributed by atoms with Crippen molar-refractivity contribution in [1.82, 2.24) is 4.72 Å². The number of rotatable bonds is 12. The lowest BCUT2D eigenvalue weighted by atomic mass is 9.96. The van der Waals surface area contributed by atoms with E-state index in [0.717, 1.165) is 24.0 Å². The zero-order valence-electron chi connectivity index (χ0n) is 20.6. The Morgan fingerprint density at radius 1 is 0.919 bits per heavy atom. The van der Waals surface area contributed by atoms with Gasteiger partial charge in [-0.3, -0.25) is 9.59 Å². The quantitative estimate of drug-likeness (QED) is 0.350. The van der Waals surface area contributed by atoms with Gasteiger partial charge in [-0.2, -0.15) is 0 Å². The van der Waals surface area contributed by atoms with Crippen molar-refractivity contribution in [3.05, 3.63) is 90.0 Å². The van der Waals surface area contributed by atoms with Crippen molar-refractivity contribution in [3.8, 4) is 5.75 Å². The Hall–Kier alpha value is -3.69. The van der Waals surface area contributed by atoms with E-state index >= 15 is 0 Å². The number of hydrogen-bond donors (Lipinski definition) is 2. The zero-order chi connectivity index (χ0) is 26.3. The summed E-state index contributed by atoms with van der Waals surface area (Å²) in [5.74, 6) is -0.195. The van der Waals surface area contributed by atoms with Crippen LogP contribution < -0.4 is 14.8 Å². The topological polar surface area (TPSA) is 111 Å². The number of sulfonamides is 1. The van der Waals surface area contributed by atoms with Crippen LogP contribution in [0.5, 0.6) is 5.75 Å². The minimum atomic E-state index is -3.65. The molecule has 0 saturated heterocycles. The van der Waals surface area contributed by atoms with Gasteiger partial charge in [0.25, 0.3) is 5.91 Å². The van der Waals surface area contributed by atoms with E-state index in [1.165, 1.54) is 24.3 Å². The summed E-state index contributed by atoms with van der Waals surface area (Å²) < 4.78 is 38.3. The van der Waals surface area contributed by atoms with Gasteiger partial charge in [0.15, 0.2) is 6.61 Å². The first-order valence-electron chi connectivity index (χ1n) is 12.2. The fourth-order valence-corrected chi connectivity index (χ4v) is 5.03. The van der Waals surface area contributed by atoms with E-state index in [2.05, 4.69) is 10.0 Å². The predicted molar refractivity (Wildman–Crippen MR) is 140 cm³/mol. The van der Waals surface area contributed by atoms with Crippen LogP contribution in [-0.2, 0) is 36.2 Å². The van der Waals surface area contributed by atoms with Crippen LogP contribution in [0.1, 0.15) is 30.9 Å². The van der Waals surface area contributed by atoms with Gasteiger partial charge in [-0.05, 0) is 73.7 Å². The molecule has 37 heavy (non-hydrogen) atoms. The van der Waals surface area contributed by atoms with Gasteiger partial charge < -0.3 is 14.8 Å². The molecule has 0 atom stereocenters. The number of hydrogen-bond acceptors (Lipinski definition) is 6. The first kappa shape index (κ1) is 26.4. The summed E-state index contributed by atoms with van der Waals surface area (Å²) in [6.07, 6.45) is 2.11. The van der Waals surface area contributed by atoms with Gasteiger partial charge in [-0.1, -0.05) is 42.5 Å². The number of ether oxygens (including phenoxy) is 2. The van der Waals surface area contributed by atoms with E-state index in [4.69, 9.17) is 9.47 Å². The summed E-state index contributed by atoms with van der Waals surface area (Å²) in [6.45, 7) is 2.18. The van der Waals surface area contributed by atoms with Gasteiger partial charge in [0.2, 0.25) is 10.0 Å². The maximum absolute atomic E-state index is 12.5. The SMILES string of the molecule is CCOC(=O)C1(c2ccc(NC(=O)COc3ccc(S(=O)(=O)NCCc4ccccc4)cc3)cc2)CC1. The number of carbonyl (C=O) groups excluding carboxylic acids is 2. The molecule has 0 aliphatic heterocycles. The molecule has 1 fully saturated rings. The lowest BCUT2D eigenvalue weighted by Crippen LogP contribution is -2.26. The van der Waals surface area contributed by atoms with E-state index in [1.54, 1.807) is 19.1 Å². The highest BCUT2D eigenvalue weighted by Crippen LogP contribution is 2.49. The molecule has 3 aromatic carbocycles. The second kappa shape index (κ2) is 11.6. The van der Waals surface area contributed by atoms with Gasteiger partial charge in [0.05, 0.1) is 16.9 Å². The fourth-order valence-electron chi connectivity index (χ4n) is 4.00. The second-order valence-corrected chi connectivity index (χ2v) is 10.6. The minimum Gasteiger partial charge on any atom is -0.484 e. The lowest BCUT2D eigenvalue weighted by molar-refractivity contribution is -0.146. The zero-order valence-corrected chi connectivity index (χ0v) is 21.4. The van der Waals surface area contributed by atoms with Crippen molar-refractivity contribution in [1.29, 1.82) is 0 Å². The van der Waals surface area contributed by atoms with Crippen LogP contribution in [0.15, 0.2) is 83.8 Å². The Bertz CT molecular complexity index is 1320. The van der Waals surface area contributed by atoms with Gasteiger partial charge in [0, 0.05) is 12.2 Å². The molecule has 0 radical (unpaired) electrons. The highest BCUT2D eigenvalue weighted by molar-refractivity contribution is 7.89. The standard InChI is InChI=1S/C28H30N2O6S/c1-2-35-27(32)28(17-18-28)22-8-10-23(11-9-22)30-26(31)20-36-24-12-14-25(15-13-24)37(33,34)29-19-16-21-6-4-3-5-7-21/h3-15,29H,2,16-20H2,1H3,(H,30,31). The van der Waals surface area contributed by atoms with E-state index in [-0.39, 0.29) is 29.9 Å². The lowest BCUT2D eigenvalue weighted by Gasteiger charge is -2.15. The van der Waals surface area contributed by atoms with Crippen molar-refractivity contribution in [2.24, 2.45) is 0 Å². The molecule has 0 aromatic heterocycles. The van der Waals surface area contributed by atoms with E-state index in [0.29, 0.717) is 24.5 Å². The van der Waals surface area contributed by atoms with Crippen LogP contribution >= 0.6 is 0 Å². The maximum Gasteiger partial charge on any atom is 0.316 e. The fraction of sp³-hybridized carbons (Fsp3) is 0.286. The molecular formula is C28H30N2O6S. The van der Waals surface area contributed by atoms with Crippen LogP contribution in [0.2, 0.25) is 0 Å². The Morgan fingerprint density at radius 3 is 2.22 bits per heavy atom. The van der Waals surface area contributed by atoms with Gasteiger partial charge in [0.1, 0.15) is 5.75 Å². The van der Waals surface area contributed by atoms with E-state index in [9.17, 15) is 18.0 Å². The molecule has 0 heterocycles. The average Bonchev–Trinajstić information content (AvgIpc) is 3.71. The third-order valence-electron chi connectivity index (χ3n) is 6.19. The summed E-state index contributed by atoms with van der Waals surface area (Å²) >= 11 is 0. The van der Waals surface area contributed by atoms with Crippen LogP contribution in [0, 0.1) is 0 Å². The summed E-state index contributed by atoms with van der Waals surface area (Å²) in [6, 6.07) is 22.7. The van der Waals surface area contributed by atoms with Gasteiger partial charge in [-0.15, -0.1) is 0 Å². The molecule has 2 N–H and O–H groups in total. The van der Waals surface area contributed by atoms with Crippen LogP contribution in [0.25, 0.3) is 0 Å². The van der Waals surface area contributed by atoms with Crippen LogP contribution in [0.3, 0.4) is 0 Å². The van der Waals surface area contributed by atoms with E-state index in [1.807, 2.05) is 42.5 Å². The summed E-state index contributed by atoms with van der Waals surface area (Å²) in [7, 11) is -3.65. The van der Waals surface area contributed by atoms with Crippen molar-refractivity contribution in [2.75, 3.05) is 25.1 Å². The van der Waals surface area contributed by atoms with E-state index < -0.39 is 15.4 Å². The second-order valence-electron chi connectivity index (χ2n) is 8.82. The van der Waals surface area contributed by atoms with Crippen molar-refractivity contribution >= 4 is 27.6 Å². The molecule has 0 bridgehead atoms. The first-order chi connectivity index (χ1) is 17.8. The number of amides is 1. The van der Waals surface area contributed by atoms with Gasteiger partial charge in [-0.25, -0.2) is 13.1 Å². The number of benzene rings is 3. The number of carbonyl (C=O) groups is 2. The van der Waals surface area contributed by atoms with Gasteiger partial charge >= 0.3 is 5.97 Å². The summed E-state index contributed by atoms with van der Waals surface area (Å²) in [4.78, 5) is 24.7. The molecular weight excluding hydrogens is 492 g/mol. The largest absolute Gasteiger partial charge is 0.484 e. The van der Waals surface area contributed by atoms with Crippen LogP contribution in [-0.4, -0.2) is 40.1 Å². The number of esters is 1. The summed E-state index contributed by atoms with van der Waals surface area (Å²) in [5.41, 5.74) is 1.95.